The summed E-state index contributed by atoms with van der Waals surface area (Å²) in [5.41, 5.74) is 2.20. The van der Waals surface area contributed by atoms with E-state index in [0.717, 1.165) is 23.8 Å². The first-order chi connectivity index (χ1) is 8.86. The second kappa shape index (κ2) is 4.73. The van der Waals surface area contributed by atoms with Gasteiger partial charge in [-0.1, -0.05) is 0 Å². The van der Waals surface area contributed by atoms with Gasteiger partial charge in [-0.3, -0.25) is 5.10 Å². The van der Waals surface area contributed by atoms with Crippen LogP contribution in [0.1, 0.15) is 17.3 Å². The van der Waals surface area contributed by atoms with E-state index in [1.165, 1.54) is 0 Å². The Kier molecular flexibility index (Phi) is 2.93. The molecule has 6 heteroatoms. The lowest BCUT2D eigenvalue weighted by molar-refractivity contribution is 0.0919. The summed E-state index contributed by atoms with van der Waals surface area (Å²) in [7, 11) is 0. The molecule has 18 heavy (non-hydrogen) atoms. The van der Waals surface area contributed by atoms with Gasteiger partial charge in [0.2, 0.25) is 5.95 Å². The van der Waals surface area contributed by atoms with Crippen molar-refractivity contribution < 1.29 is 4.74 Å². The lowest BCUT2D eigenvalue weighted by atomic mass is 10.1. The summed E-state index contributed by atoms with van der Waals surface area (Å²) in [6.07, 6.45) is 5.34. The number of ether oxygens (including phenoxy) is 1. The minimum absolute atomic E-state index is 0.101. The van der Waals surface area contributed by atoms with Gasteiger partial charge in [0.15, 0.2) is 0 Å². The number of nitrogens with zero attached hydrogens (tertiary/aromatic N) is 4. The molecule has 1 N–H and O–H groups in total. The maximum absolute atomic E-state index is 5.57. The van der Waals surface area contributed by atoms with Crippen LogP contribution < -0.4 is 4.90 Å². The fourth-order valence-electron chi connectivity index (χ4n) is 2.22. The number of aromatic nitrogens is 4. The van der Waals surface area contributed by atoms with Gasteiger partial charge in [0.25, 0.3) is 0 Å². The van der Waals surface area contributed by atoms with Gasteiger partial charge in [-0.2, -0.15) is 5.10 Å². The number of aromatic amines is 1. The highest BCUT2D eigenvalue weighted by atomic mass is 16.5. The van der Waals surface area contributed by atoms with E-state index in [9.17, 15) is 0 Å². The van der Waals surface area contributed by atoms with E-state index in [4.69, 9.17) is 4.74 Å². The van der Waals surface area contributed by atoms with Crippen LogP contribution in [-0.4, -0.2) is 39.9 Å². The van der Waals surface area contributed by atoms with Crippen molar-refractivity contribution in [1.82, 2.24) is 20.2 Å². The molecule has 0 saturated carbocycles. The number of hydrogen-bond donors (Lipinski definition) is 1. The summed E-state index contributed by atoms with van der Waals surface area (Å²) in [5, 5.41) is 7.12. The van der Waals surface area contributed by atoms with Crippen molar-refractivity contribution in [2.24, 2.45) is 0 Å². The Morgan fingerprint density at radius 2 is 2.22 bits per heavy atom. The first-order valence-electron chi connectivity index (χ1n) is 5.97. The summed E-state index contributed by atoms with van der Waals surface area (Å²) in [6.45, 7) is 4.15. The Labute approximate surface area is 105 Å². The van der Waals surface area contributed by atoms with Crippen LogP contribution in [0.4, 0.5) is 5.95 Å². The van der Waals surface area contributed by atoms with Crippen LogP contribution in [0.3, 0.4) is 0 Å². The third-order valence-corrected chi connectivity index (χ3v) is 3.14. The Morgan fingerprint density at radius 1 is 1.39 bits per heavy atom. The fraction of sp³-hybridized carbons (Fsp3) is 0.417. The molecule has 2 aromatic heterocycles. The highest BCUT2D eigenvalue weighted by Gasteiger charge is 2.28. The number of hydrogen-bond acceptors (Lipinski definition) is 5. The maximum atomic E-state index is 5.57. The van der Waals surface area contributed by atoms with Crippen molar-refractivity contribution in [3.8, 4) is 0 Å². The van der Waals surface area contributed by atoms with Gasteiger partial charge in [0.05, 0.1) is 31.1 Å². The summed E-state index contributed by atoms with van der Waals surface area (Å²) in [4.78, 5) is 10.8. The van der Waals surface area contributed by atoms with Crippen molar-refractivity contribution in [3.63, 3.8) is 0 Å². The topological polar surface area (TPSA) is 66.9 Å². The second-order valence-corrected chi connectivity index (χ2v) is 4.30. The molecule has 0 amide bonds. The van der Waals surface area contributed by atoms with Crippen LogP contribution in [0.5, 0.6) is 0 Å². The van der Waals surface area contributed by atoms with E-state index in [1.54, 1.807) is 12.4 Å². The van der Waals surface area contributed by atoms with Gasteiger partial charge in [-0.05, 0) is 18.6 Å². The molecule has 6 nitrogen and oxygen atoms in total. The van der Waals surface area contributed by atoms with E-state index in [0.29, 0.717) is 13.2 Å². The molecular weight excluding hydrogens is 230 g/mol. The molecule has 1 fully saturated rings. The van der Waals surface area contributed by atoms with Crippen LogP contribution in [0, 0.1) is 6.92 Å². The number of H-pyrrole nitrogens is 1. The number of aryl methyl sites for hydroxylation is 1. The molecular formula is C12H15N5O. The normalized spacial score (nSPS) is 20.1. The van der Waals surface area contributed by atoms with Gasteiger partial charge in [0, 0.05) is 18.9 Å². The van der Waals surface area contributed by atoms with E-state index < -0.39 is 0 Å². The summed E-state index contributed by atoms with van der Waals surface area (Å²) in [5.74, 6) is 0.736. The van der Waals surface area contributed by atoms with E-state index in [-0.39, 0.29) is 6.04 Å². The zero-order valence-electron chi connectivity index (χ0n) is 10.2. The minimum atomic E-state index is 0.101. The Hall–Kier alpha value is -1.95. The van der Waals surface area contributed by atoms with Gasteiger partial charge >= 0.3 is 0 Å². The number of rotatable bonds is 2. The average molecular weight is 245 g/mol. The Bertz CT molecular complexity index is 512. The summed E-state index contributed by atoms with van der Waals surface area (Å²) < 4.78 is 5.57. The molecule has 3 rings (SSSR count). The highest BCUT2D eigenvalue weighted by molar-refractivity contribution is 5.36. The van der Waals surface area contributed by atoms with Crippen LogP contribution in [0.25, 0.3) is 0 Å². The first-order valence-corrected chi connectivity index (χ1v) is 5.97. The quantitative estimate of drug-likeness (QED) is 0.857. The fourth-order valence-corrected chi connectivity index (χ4v) is 2.22. The zero-order chi connectivity index (χ0) is 12.4. The predicted octanol–water partition coefficient (Wildman–Crippen LogP) is 1.09. The second-order valence-electron chi connectivity index (χ2n) is 4.30. The minimum Gasteiger partial charge on any atom is -0.377 e. The van der Waals surface area contributed by atoms with Crippen LogP contribution >= 0.6 is 0 Å². The average Bonchev–Trinajstić information content (AvgIpc) is 2.86. The first kappa shape index (κ1) is 11.2. The molecule has 0 unspecified atom stereocenters. The van der Waals surface area contributed by atoms with E-state index in [1.807, 2.05) is 19.2 Å². The number of anilines is 1. The zero-order valence-corrected chi connectivity index (χ0v) is 10.2. The lowest BCUT2D eigenvalue weighted by Gasteiger charge is -2.35. The van der Waals surface area contributed by atoms with Gasteiger partial charge in [-0.15, -0.1) is 0 Å². The SMILES string of the molecule is Cc1cn[nH]c1[C@@H]1COCCN1c1ncccn1. The molecule has 2 aromatic rings. The van der Waals surface area contributed by atoms with Crippen molar-refractivity contribution in [2.75, 3.05) is 24.7 Å². The summed E-state index contributed by atoms with van der Waals surface area (Å²) in [6, 6.07) is 1.92. The van der Waals surface area contributed by atoms with Gasteiger partial charge < -0.3 is 9.64 Å². The monoisotopic (exact) mass is 245 g/mol. The van der Waals surface area contributed by atoms with Crippen molar-refractivity contribution >= 4 is 5.95 Å². The molecule has 94 valence electrons. The van der Waals surface area contributed by atoms with Crippen molar-refractivity contribution in [3.05, 3.63) is 35.9 Å². The molecule has 1 aliphatic rings. The van der Waals surface area contributed by atoms with Crippen LogP contribution in [-0.2, 0) is 4.74 Å². The number of nitrogens with one attached hydrogen (secondary N) is 1. The Balaban J connectivity index is 1.94. The third kappa shape index (κ3) is 1.95. The molecule has 0 spiro atoms. The largest absolute Gasteiger partial charge is 0.377 e. The Morgan fingerprint density at radius 3 is 2.94 bits per heavy atom. The number of morpholine rings is 1. The summed E-state index contributed by atoms with van der Waals surface area (Å²) >= 11 is 0. The van der Waals surface area contributed by atoms with Gasteiger partial charge in [0.1, 0.15) is 0 Å². The van der Waals surface area contributed by atoms with Crippen molar-refractivity contribution in [1.29, 1.82) is 0 Å². The molecule has 0 aromatic carbocycles. The third-order valence-electron chi connectivity index (χ3n) is 3.14. The predicted molar refractivity (Wildman–Crippen MR) is 66.3 cm³/mol. The molecule has 0 aliphatic carbocycles. The highest BCUT2D eigenvalue weighted by Crippen LogP contribution is 2.27. The van der Waals surface area contributed by atoms with Crippen LogP contribution in [0.15, 0.2) is 24.7 Å². The van der Waals surface area contributed by atoms with Gasteiger partial charge in [-0.25, -0.2) is 9.97 Å². The van der Waals surface area contributed by atoms with E-state index >= 15 is 0 Å². The molecule has 0 bridgehead atoms. The molecule has 1 atom stereocenters. The van der Waals surface area contributed by atoms with Crippen LogP contribution in [0.2, 0.25) is 0 Å². The maximum Gasteiger partial charge on any atom is 0.225 e. The molecule has 1 saturated heterocycles. The smallest absolute Gasteiger partial charge is 0.225 e. The lowest BCUT2D eigenvalue weighted by Crippen LogP contribution is -2.41. The van der Waals surface area contributed by atoms with Crippen molar-refractivity contribution in [2.45, 2.75) is 13.0 Å². The molecule has 1 aliphatic heterocycles. The standard InChI is InChI=1S/C12H15N5O/c1-9-7-15-16-11(9)10-8-18-6-5-17(10)12-13-3-2-4-14-12/h2-4,7,10H,5-6,8H2,1H3,(H,15,16)/t10-/m0/s1. The molecule has 3 heterocycles. The van der Waals surface area contributed by atoms with E-state index in [2.05, 4.69) is 25.1 Å². The molecule has 0 radical (unpaired) electrons.